The lowest BCUT2D eigenvalue weighted by Gasteiger charge is -2.45. The zero-order valence-electron chi connectivity index (χ0n) is 24.3. The smallest absolute Gasteiger partial charge is 0.275 e. The van der Waals surface area contributed by atoms with E-state index in [1.54, 1.807) is 6.20 Å². The van der Waals surface area contributed by atoms with Crippen LogP contribution in [0.1, 0.15) is 80.7 Å². The molecule has 11 nitrogen and oxygen atoms in total. The van der Waals surface area contributed by atoms with Crippen molar-refractivity contribution >= 4 is 34.2 Å². The van der Waals surface area contributed by atoms with Gasteiger partial charge in [0.15, 0.2) is 5.13 Å². The second-order valence-corrected chi connectivity index (χ2v) is 14.0. The fourth-order valence-electron chi connectivity index (χ4n) is 6.79. The molecular formula is C29H39N9O2S. The summed E-state index contributed by atoms with van der Waals surface area (Å²) in [6.07, 6.45) is 7.21. The zero-order chi connectivity index (χ0) is 28.9. The number of carbonyl (C=O) groups is 2. The van der Waals surface area contributed by atoms with E-state index in [2.05, 4.69) is 63.1 Å². The third-order valence-electron chi connectivity index (χ3n) is 8.78. The van der Waals surface area contributed by atoms with Crippen molar-refractivity contribution in [1.29, 1.82) is 0 Å². The maximum Gasteiger partial charge on any atom is 0.275 e. The number of amides is 2. The first-order valence-electron chi connectivity index (χ1n) is 14.5. The fraction of sp³-hybridized carbons (Fsp3) is 0.586. The quantitative estimate of drug-likeness (QED) is 0.417. The topological polar surface area (TPSA) is 146 Å². The maximum atomic E-state index is 13.3. The maximum absolute atomic E-state index is 13.3. The molecule has 0 spiro atoms. The number of fused-ring (bicyclic) bond motifs is 3. The number of hydrogen-bond donors (Lipinski definition) is 3. The zero-order valence-corrected chi connectivity index (χ0v) is 25.1. The van der Waals surface area contributed by atoms with E-state index in [4.69, 9.17) is 5.73 Å². The van der Waals surface area contributed by atoms with Crippen molar-refractivity contribution in [3.8, 4) is 11.4 Å². The second-order valence-electron chi connectivity index (χ2n) is 13.1. The summed E-state index contributed by atoms with van der Waals surface area (Å²) in [5, 5.41) is 12.5. The Morgan fingerprint density at radius 1 is 1.15 bits per heavy atom. The predicted molar refractivity (Wildman–Crippen MR) is 159 cm³/mol. The number of aromatic amines is 1. The van der Waals surface area contributed by atoms with Gasteiger partial charge in [-0.15, -0.1) is 11.3 Å². The van der Waals surface area contributed by atoms with E-state index in [0.717, 1.165) is 43.6 Å². The van der Waals surface area contributed by atoms with E-state index >= 15 is 0 Å². The summed E-state index contributed by atoms with van der Waals surface area (Å²) in [5.74, 6) is -0.0638. The minimum atomic E-state index is -0.362. The summed E-state index contributed by atoms with van der Waals surface area (Å²) < 4.78 is 0. The number of thiazole rings is 1. The summed E-state index contributed by atoms with van der Waals surface area (Å²) in [5.41, 5.74) is 9.91. The van der Waals surface area contributed by atoms with Gasteiger partial charge in [0.25, 0.3) is 5.91 Å². The first-order chi connectivity index (χ1) is 19.5. The van der Waals surface area contributed by atoms with Crippen molar-refractivity contribution in [3.05, 3.63) is 34.1 Å². The SMILES string of the molecule is CC1(C)CCCN(C2CCN(C(=O)Cc3csc(NC(=O)c4[nH]nc5c4C(C)(C)Cc4cnc(N)nc4-5)n3)CC2)C1. The van der Waals surface area contributed by atoms with Gasteiger partial charge in [-0.2, -0.15) is 5.10 Å². The molecule has 2 amide bonds. The molecule has 0 radical (unpaired) electrons. The standard InChI is InChI=1S/C29H39N9O2S/c1-28(2)8-5-9-38(16-28)19-6-10-37(11-7-19)20(39)12-18-15-41-27(32-18)34-25(40)24-21-23(35-36-24)22-17(13-29(21,3)4)14-31-26(30)33-22/h14-15,19H,5-13,16H2,1-4H3,(H,35,36)(H2,30,31,33)(H,32,34,40). The highest BCUT2D eigenvalue weighted by atomic mass is 32.1. The van der Waals surface area contributed by atoms with Gasteiger partial charge in [0.1, 0.15) is 11.4 Å². The second kappa shape index (κ2) is 10.5. The van der Waals surface area contributed by atoms with E-state index < -0.39 is 0 Å². The third kappa shape index (κ3) is 5.59. The monoisotopic (exact) mass is 577 g/mol. The van der Waals surface area contributed by atoms with Gasteiger partial charge in [-0.05, 0) is 55.0 Å². The highest BCUT2D eigenvalue weighted by molar-refractivity contribution is 7.14. The molecule has 3 aliphatic rings. The molecule has 2 fully saturated rings. The summed E-state index contributed by atoms with van der Waals surface area (Å²) in [7, 11) is 0. The minimum Gasteiger partial charge on any atom is -0.368 e. The average Bonchev–Trinajstić information content (AvgIpc) is 3.57. The highest BCUT2D eigenvalue weighted by Gasteiger charge is 2.39. The molecule has 0 aromatic carbocycles. The number of rotatable bonds is 5. The van der Waals surface area contributed by atoms with E-state index in [9.17, 15) is 9.59 Å². The molecule has 218 valence electrons. The van der Waals surface area contributed by atoms with Crippen molar-refractivity contribution in [2.45, 2.75) is 77.7 Å². The van der Waals surface area contributed by atoms with Crippen LogP contribution in [0.4, 0.5) is 11.1 Å². The molecule has 0 atom stereocenters. The Morgan fingerprint density at radius 2 is 1.93 bits per heavy atom. The number of anilines is 2. The Labute approximate surface area is 244 Å². The minimum absolute atomic E-state index is 0.0925. The van der Waals surface area contributed by atoms with Gasteiger partial charge in [0.2, 0.25) is 11.9 Å². The van der Waals surface area contributed by atoms with Gasteiger partial charge in [0, 0.05) is 42.8 Å². The number of nitrogens with one attached hydrogen (secondary N) is 2. The Balaban J connectivity index is 1.07. The lowest BCUT2D eigenvalue weighted by atomic mass is 9.73. The third-order valence-corrected chi connectivity index (χ3v) is 9.58. The van der Waals surface area contributed by atoms with E-state index in [1.807, 2.05) is 10.3 Å². The normalized spacial score (nSPS) is 20.3. The molecule has 0 unspecified atom stereocenters. The molecule has 12 heteroatoms. The number of likely N-dealkylation sites (tertiary alicyclic amines) is 2. The van der Waals surface area contributed by atoms with E-state index in [1.165, 1.54) is 30.7 Å². The molecule has 5 heterocycles. The molecule has 1 aliphatic carbocycles. The lowest BCUT2D eigenvalue weighted by Crippen LogP contribution is -2.51. The van der Waals surface area contributed by atoms with Crippen molar-refractivity contribution in [2.75, 3.05) is 37.2 Å². The van der Waals surface area contributed by atoms with Gasteiger partial charge in [0.05, 0.1) is 17.8 Å². The first-order valence-corrected chi connectivity index (χ1v) is 15.4. The van der Waals surface area contributed by atoms with Gasteiger partial charge >= 0.3 is 0 Å². The molecule has 41 heavy (non-hydrogen) atoms. The number of carbonyl (C=O) groups excluding carboxylic acids is 2. The van der Waals surface area contributed by atoms with Crippen LogP contribution in [-0.4, -0.2) is 79.0 Å². The molecular weight excluding hydrogens is 538 g/mol. The molecule has 4 N–H and O–H groups in total. The van der Waals surface area contributed by atoms with Crippen LogP contribution in [0.5, 0.6) is 0 Å². The van der Waals surface area contributed by atoms with Gasteiger partial charge in [-0.3, -0.25) is 24.9 Å². The van der Waals surface area contributed by atoms with E-state index in [-0.39, 0.29) is 29.6 Å². The summed E-state index contributed by atoms with van der Waals surface area (Å²) in [6, 6.07) is 0.566. The van der Waals surface area contributed by atoms with Crippen LogP contribution in [0.2, 0.25) is 0 Å². The average molecular weight is 578 g/mol. The van der Waals surface area contributed by atoms with Crippen LogP contribution in [0.15, 0.2) is 11.6 Å². The van der Waals surface area contributed by atoms with Crippen LogP contribution < -0.4 is 11.1 Å². The highest BCUT2D eigenvalue weighted by Crippen LogP contribution is 2.43. The van der Waals surface area contributed by atoms with Gasteiger partial charge in [-0.25, -0.2) is 15.0 Å². The van der Waals surface area contributed by atoms with Crippen LogP contribution >= 0.6 is 11.3 Å². The van der Waals surface area contributed by atoms with Crippen LogP contribution in [-0.2, 0) is 23.1 Å². The first kappa shape index (κ1) is 27.8. The Hall–Kier alpha value is -3.38. The number of H-pyrrole nitrogens is 1. The largest absolute Gasteiger partial charge is 0.368 e. The number of nitrogens with two attached hydrogens (primary N) is 1. The van der Waals surface area contributed by atoms with Crippen LogP contribution in [0, 0.1) is 5.41 Å². The number of piperidine rings is 2. The summed E-state index contributed by atoms with van der Waals surface area (Å²) in [6.45, 7) is 12.7. The molecule has 6 rings (SSSR count). The molecule has 0 bridgehead atoms. The Bertz CT molecular complexity index is 1470. The fourth-order valence-corrected chi connectivity index (χ4v) is 7.49. The van der Waals surface area contributed by atoms with Crippen LogP contribution in [0.3, 0.4) is 0 Å². The Kier molecular flexibility index (Phi) is 7.09. The summed E-state index contributed by atoms with van der Waals surface area (Å²) in [4.78, 5) is 44.1. The molecule has 2 aliphatic heterocycles. The summed E-state index contributed by atoms with van der Waals surface area (Å²) >= 11 is 1.32. The molecule has 2 saturated heterocycles. The number of aromatic nitrogens is 5. The van der Waals surface area contributed by atoms with E-state index in [0.29, 0.717) is 45.8 Å². The van der Waals surface area contributed by atoms with Gasteiger partial charge in [-0.1, -0.05) is 27.7 Å². The molecule has 0 saturated carbocycles. The van der Waals surface area contributed by atoms with Crippen molar-refractivity contribution in [1.82, 2.24) is 34.9 Å². The van der Waals surface area contributed by atoms with Crippen molar-refractivity contribution in [3.63, 3.8) is 0 Å². The number of nitrogens with zero attached hydrogens (tertiary/aromatic N) is 6. The molecule has 3 aromatic heterocycles. The van der Waals surface area contributed by atoms with Crippen molar-refractivity contribution in [2.24, 2.45) is 5.41 Å². The predicted octanol–water partition coefficient (Wildman–Crippen LogP) is 3.65. The van der Waals surface area contributed by atoms with Gasteiger partial charge < -0.3 is 10.6 Å². The Morgan fingerprint density at radius 3 is 2.68 bits per heavy atom. The number of hydrogen-bond acceptors (Lipinski definition) is 9. The van der Waals surface area contributed by atoms with Crippen LogP contribution in [0.25, 0.3) is 11.4 Å². The lowest BCUT2D eigenvalue weighted by molar-refractivity contribution is -0.132. The van der Waals surface area contributed by atoms with Crippen molar-refractivity contribution < 1.29 is 9.59 Å². The molecule has 3 aromatic rings. The number of nitrogen functional groups attached to an aromatic ring is 1.